The molecule has 0 unspecified atom stereocenters. The first-order valence-electron chi connectivity index (χ1n) is 5.97. The van der Waals surface area contributed by atoms with E-state index in [2.05, 4.69) is 10.6 Å². The highest BCUT2D eigenvalue weighted by Crippen LogP contribution is 2.44. The third-order valence-corrected chi connectivity index (χ3v) is 3.22. The molecular weight excluding hydrogens is 242 g/mol. The monoisotopic (exact) mass is 261 g/mol. The van der Waals surface area contributed by atoms with Gasteiger partial charge >= 0.3 is 0 Å². The average Bonchev–Trinajstić information content (AvgIpc) is 3.15. The fourth-order valence-corrected chi connectivity index (χ4v) is 2.02. The molecule has 0 radical (unpaired) electrons. The molecule has 0 bridgehead atoms. The van der Waals surface area contributed by atoms with Crippen LogP contribution >= 0.6 is 12.4 Å². The molecule has 0 spiro atoms. The number of hydrogen-bond acceptors (Lipinski definition) is 3. The Bertz CT molecular complexity index is 278. The smallest absolute Gasteiger partial charge is 0.239 e. The Labute approximate surface area is 107 Å². The van der Waals surface area contributed by atoms with Gasteiger partial charge in [0.1, 0.15) is 0 Å². The predicted molar refractivity (Wildman–Crippen MR) is 66.7 cm³/mol. The largest absolute Gasteiger partial charge is 0.351 e. The van der Waals surface area contributed by atoms with Crippen LogP contribution < -0.4 is 16.4 Å². The molecule has 0 aromatic carbocycles. The molecule has 98 valence electrons. The Morgan fingerprint density at radius 1 is 1.12 bits per heavy atom. The van der Waals surface area contributed by atoms with Crippen LogP contribution in [-0.2, 0) is 9.59 Å². The second-order valence-corrected chi connectivity index (χ2v) is 4.75. The molecule has 0 aromatic heterocycles. The van der Waals surface area contributed by atoms with Gasteiger partial charge < -0.3 is 16.4 Å². The lowest BCUT2D eigenvalue weighted by atomic mass is 10.1. The van der Waals surface area contributed by atoms with Crippen molar-refractivity contribution in [1.82, 2.24) is 10.6 Å². The summed E-state index contributed by atoms with van der Waals surface area (Å²) in [7, 11) is 0. The van der Waals surface area contributed by atoms with Crippen LogP contribution in [0.4, 0.5) is 0 Å². The van der Waals surface area contributed by atoms with Crippen LogP contribution in [0.3, 0.4) is 0 Å². The molecule has 0 atom stereocenters. The highest BCUT2D eigenvalue weighted by atomic mass is 35.5. The summed E-state index contributed by atoms with van der Waals surface area (Å²) in [5, 5.41) is 5.51. The Kier molecular flexibility index (Phi) is 5.21. The van der Waals surface area contributed by atoms with E-state index in [9.17, 15) is 9.59 Å². The summed E-state index contributed by atoms with van der Waals surface area (Å²) in [4.78, 5) is 22.5. The summed E-state index contributed by atoms with van der Waals surface area (Å²) >= 11 is 0. The first-order chi connectivity index (χ1) is 7.70. The van der Waals surface area contributed by atoms with Gasteiger partial charge in [0.15, 0.2) is 0 Å². The van der Waals surface area contributed by atoms with Crippen molar-refractivity contribution in [2.75, 3.05) is 13.1 Å². The number of nitrogens with one attached hydrogen (secondary N) is 2. The standard InChI is InChI=1S/C11H19N3O2.ClH/c12-5-9(15)13-6-10(16)14-11(7-1-2-7)8-3-4-8;/h7-8,11H,1-6,12H2,(H,13,15)(H,14,16);1H. The fraction of sp³-hybridized carbons (Fsp3) is 0.818. The van der Waals surface area contributed by atoms with Gasteiger partial charge in [-0.05, 0) is 37.5 Å². The maximum atomic E-state index is 11.6. The third-order valence-electron chi connectivity index (χ3n) is 3.22. The van der Waals surface area contributed by atoms with Crippen molar-refractivity contribution >= 4 is 24.2 Å². The minimum absolute atomic E-state index is 0. The van der Waals surface area contributed by atoms with Crippen LogP contribution in [0.15, 0.2) is 0 Å². The summed E-state index contributed by atoms with van der Waals surface area (Å²) in [6.07, 6.45) is 4.93. The van der Waals surface area contributed by atoms with Gasteiger partial charge in [-0.25, -0.2) is 0 Å². The molecule has 2 amide bonds. The SMILES string of the molecule is Cl.NCC(=O)NCC(=O)NC(C1CC1)C1CC1. The molecule has 6 heteroatoms. The quantitative estimate of drug-likeness (QED) is 0.619. The van der Waals surface area contributed by atoms with Crippen LogP contribution in [0.2, 0.25) is 0 Å². The molecule has 4 N–H and O–H groups in total. The van der Waals surface area contributed by atoms with Gasteiger partial charge in [-0.2, -0.15) is 0 Å². The summed E-state index contributed by atoms with van der Waals surface area (Å²) in [5.74, 6) is 0.985. The van der Waals surface area contributed by atoms with Gasteiger partial charge in [-0.15, -0.1) is 12.4 Å². The lowest BCUT2D eigenvalue weighted by Crippen LogP contribution is -2.44. The van der Waals surface area contributed by atoms with Crippen molar-refractivity contribution in [1.29, 1.82) is 0 Å². The first kappa shape index (κ1) is 14.3. The van der Waals surface area contributed by atoms with E-state index in [1.165, 1.54) is 25.7 Å². The second kappa shape index (κ2) is 6.21. The molecule has 2 saturated carbocycles. The van der Waals surface area contributed by atoms with Gasteiger partial charge in [-0.3, -0.25) is 9.59 Å². The summed E-state index contributed by atoms with van der Waals surface area (Å²) in [6.45, 7) is -0.0199. The molecule has 2 fully saturated rings. The molecule has 2 rings (SSSR count). The molecule has 0 heterocycles. The van der Waals surface area contributed by atoms with E-state index in [1.807, 2.05) is 0 Å². The average molecular weight is 262 g/mol. The molecule has 0 aromatic rings. The zero-order valence-corrected chi connectivity index (χ0v) is 10.6. The number of carbonyl (C=O) groups excluding carboxylic acids is 2. The van der Waals surface area contributed by atoms with E-state index in [0.29, 0.717) is 17.9 Å². The van der Waals surface area contributed by atoms with Gasteiger partial charge in [0.05, 0.1) is 13.1 Å². The van der Waals surface area contributed by atoms with E-state index >= 15 is 0 Å². The van der Waals surface area contributed by atoms with Crippen molar-refractivity contribution < 1.29 is 9.59 Å². The highest BCUT2D eigenvalue weighted by Gasteiger charge is 2.42. The van der Waals surface area contributed by atoms with Crippen molar-refractivity contribution in [2.24, 2.45) is 17.6 Å². The highest BCUT2D eigenvalue weighted by molar-refractivity contribution is 5.85. The molecule has 5 nitrogen and oxygen atoms in total. The summed E-state index contributed by atoms with van der Waals surface area (Å²) in [5.41, 5.74) is 5.13. The molecule has 0 aliphatic heterocycles. The van der Waals surface area contributed by atoms with E-state index in [1.54, 1.807) is 0 Å². The number of carbonyl (C=O) groups is 2. The van der Waals surface area contributed by atoms with Crippen LogP contribution in [-0.4, -0.2) is 30.9 Å². The lowest BCUT2D eigenvalue weighted by Gasteiger charge is -2.17. The van der Waals surface area contributed by atoms with Crippen molar-refractivity contribution in [3.8, 4) is 0 Å². The maximum Gasteiger partial charge on any atom is 0.239 e. The number of rotatable bonds is 6. The Morgan fingerprint density at radius 2 is 1.65 bits per heavy atom. The number of amides is 2. The van der Waals surface area contributed by atoms with E-state index in [0.717, 1.165) is 0 Å². The minimum atomic E-state index is -0.287. The molecular formula is C11H20ClN3O2. The van der Waals surface area contributed by atoms with Gasteiger partial charge in [0.25, 0.3) is 0 Å². The first-order valence-corrected chi connectivity index (χ1v) is 5.97. The van der Waals surface area contributed by atoms with Gasteiger partial charge in [0, 0.05) is 6.04 Å². The van der Waals surface area contributed by atoms with Gasteiger partial charge in [0.2, 0.25) is 11.8 Å². The molecule has 17 heavy (non-hydrogen) atoms. The van der Waals surface area contributed by atoms with Crippen LogP contribution in [0, 0.1) is 11.8 Å². The second-order valence-electron chi connectivity index (χ2n) is 4.75. The normalized spacial score (nSPS) is 18.5. The van der Waals surface area contributed by atoms with Gasteiger partial charge in [-0.1, -0.05) is 0 Å². The minimum Gasteiger partial charge on any atom is -0.351 e. The maximum absolute atomic E-state index is 11.6. The number of halogens is 1. The number of nitrogens with two attached hydrogens (primary N) is 1. The molecule has 2 aliphatic rings. The summed E-state index contributed by atoms with van der Waals surface area (Å²) < 4.78 is 0. The van der Waals surface area contributed by atoms with Crippen LogP contribution in [0.5, 0.6) is 0 Å². The Morgan fingerprint density at radius 3 is 2.06 bits per heavy atom. The van der Waals surface area contributed by atoms with E-state index in [4.69, 9.17) is 5.73 Å². The van der Waals surface area contributed by atoms with E-state index < -0.39 is 0 Å². The zero-order chi connectivity index (χ0) is 11.5. The van der Waals surface area contributed by atoms with E-state index in [-0.39, 0.29) is 37.3 Å². The zero-order valence-electron chi connectivity index (χ0n) is 9.78. The predicted octanol–water partition coefficient (Wildman–Crippen LogP) is -0.212. The van der Waals surface area contributed by atoms with Crippen LogP contribution in [0.25, 0.3) is 0 Å². The van der Waals surface area contributed by atoms with Crippen molar-refractivity contribution in [2.45, 2.75) is 31.7 Å². The summed E-state index contributed by atoms with van der Waals surface area (Å²) in [6, 6.07) is 0.349. The topological polar surface area (TPSA) is 84.2 Å². The molecule has 0 saturated heterocycles. The lowest BCUT2D eigenvalue weighted by molar-refractivity contribution is -0.125. The molecule has 2 aliphatic carbocycles. The fourth-order valence-electron chi connectivity index (χ4n) is 2.02. The van der Waals surface area contributed by atoms with Crippen molar-refractivity contribution in [3.63, 3.8) is 0 Å². The number of hydrogen-bond donors (Lipinski definition) is 3. The van der Waals surface area contributed by atoms with Crippen molar-refractivity contribution in [3.05, 3.63) is 0 Å². The Hall–Kier alpha value is -0.810. The third kappa shape index (κ3) is 4.52. The van der Waals surface area contributed by atoms with Crippen LogP contribution in [0.1, 0.15) is 25.7 Å². The Balaban J connectivity index is 0.00000144.